The van der Waals surface area contributed by atoms with Gasteiger partial charge in [-0.05, 0) is 5.56 Å². The number of benzene rings is 1. The maximum absolute atomic E-state index is 12.3. The van der Waals surface area contributed by atoms with Gasteiger partial charge in [-0.3, -0.25) is 0 Å². The minimum absolute atomic E-state index is 0.231. The van der Waals surface area contributed by atoms with Gasteiger partial charge in [-0.15, -0.1) is 0 Å². The van der Waals surface area contributed by atoms with Gasteiger partial charge in [-0.2, -0.15) is 28.8 Å². The minimum Gasteiger partial charge on any atom is -0.195 e. The lowest BCUT2D eigenvalue weighted by atomic mass is 10.1. The summed E-state index contributed by atoms with van der Waals surface area (Å²) in [5, 5.41) is 0.231. The van der Waals surface area contributed by atoms with Crippen LogP contribution >= 0.6 is 11.8 Å². The first-order chi connectivity index (χ1) is 9.05. The van der Waals surface area contributed by atoms with Gasteiger partial charge in [0, 0.05) is 37.7 Å². The van der Waals surface area contributed by atoms with Crippen LogP contribution < -0.4 is 0 Å². The second kappa shape index (κ2) is 6.26. The Morgan fingerprint density at radius 2 is 2.05 bits per heavy atom. The van der Waals surface area contributed by atoms with Crippen LogP contribution in [-0.2, 0) is 10.2 Å². The lowest BCUT2D eigenvalue weighted by molar-refractivity contribution is 0.370. The lowest BCUT2D eigenvalue weighted by Gasteiger charge is -2.34. The van der Waals surface area contributed by atoms with Gasteiger partial charge in [0.15, 0.2) is 0 Å². The van der Waals surface area contributed by atoms with E-state index in [0.717, 1.165) is 5.75 Å². The summed E-state index contributed by atoms with van der Waals surface area (Å²) >= 11 is 1.83. The summed E-state index contributed by atoms with van der Waals surface area (Å²) in [5.74, 6) is 0.844. The molecule has 0 aliphatic carbocycles. The van der Waals surface area contributed by atoms with Gasteiger partial charge in [0.05, 0.1) is 0 Å². The van der Waals surface area contributed by atoms with Crippen molar-refractivity contribution in [2.75, 3.05) is 32.4 Å². The van der Waals surface area contributed by atoms with E-state index in [0.29, 0.717) is 19.6 Å². The number of thioether (sulfide) groups is 1. The molecule has 0 saturated carbocycles. The standard InChI is InChI=1S/C13H20N2O2S2/c1-3-14(2)19(16,17)15-9-10-18-13(11-15)12-7-5-4-6-8-12/h4-8,13H,3,9-11H2,1-2H3/t13-/m0/s1. The Balaban J connectivity index is 2.14. The second-order valence-corrected chi connectivity index (χ2v) is 7.90. The Hall–Kier alpha value is -0.560. The molecule has 2 rings (SSSR count). The molecule has 106 valence electrons. The van der Waals surface area contributed by atoms with Crippen LogP contribution in [0.5, 0.6) is 0 Å². The molecule has 1 heterocycles. The van der Waals surface area contributed by atoms with Crippen LogP contribution in [0.25, 0.3) is 0 Å². The van der Waals surface area contributed by atoms with Crippen LogP contribution in [0.2, 0.25) is 0 Å². The smallest absolute Gasteiger partial charge is 0.195 e. The SMILES string of the molecule is CCN(C)S(=O)(=O)N1CCS[C@H](c2ccccc2)C1. The van der Waals surface area contributed by atoms with E-state index in [9.17, 15) is 8.42 Å². The molecule has 0 radical (unpaired) electrons. The normalized spacial score (nSPS) is 21.7. The molecule has 1 atom stereocenters. The average Bonchev–Trinajstić information content (AvgIpc) is 2.47. The molecule has 0 bridgehead atoms. The van der Waals surface area contributed by atoms with Crippen LogP contribution in [0.4, 0.5) is 0 Å². The van der Waals surface area contributed by atoms with Crippen molar-refractivity contribution in [3.63, 3.8) is 0 Å². The van der Waals surface area contributed by atoms with Crippen LogP contribution in [0.1, 0.15) is 17.7 Å². The molecule has 4 nitrogen and oxygen atoms in total. The molecule has 6 heteroatoms. The van der Waals surface area contributed by atoms with Crippen molar-refractivity contribution in [1.82, 2.24) is 8.61 Å². The van der Waals surface area contributed by atoms with Crippen LogP contribution in [0.3, 0.4) is 0 Å². The summed E-state index contributed by atoms with van der Waals surface area (Å²) in [6.07, 6.45) is 0. The van der Waals surface area contributed by atoms with Crippen LogP contribution in [0.15, 0.2) is 30.3 Å². The first kappa shape index (κ1) is 14.8. The van der Waals surface area contributed by atoms with E-state index in [1.807, 2.05) is 36.9 Å². The highest BCUT2D eigenvalue weighted by Gasteiger charge is 2.32. The monoisotopic (exact) mass is 300 g/mol. The topological polar surface area (TPSA) is 40.6 Å². The highest BCUT2D eigenvalue weighted by Crippen LogP contribution is 2.34. The first-order valence-corrected chi connectivity index (χ1v) is 8.88. The molecule has 0 spiro atoms. The van der Waals surface area contributed by atoms with E-state index < -0.39 is 10.2 Å². The van der Waals surface area contributed by atoms with E-state index in [2.05, 4.69) is 12.1 Å². The molecular formula is C13H20N2O2S2. The minimum atomic E-state index is -3.30. The molecule has 0 N–H and O–H groups in total. The molecule has 1 aromatic rings. The quantitative estimate of drug-likeness (QED) is 0.853. The van der Waals surface area contributed by atoms with Gasteiger partial charge in [0.1, 0.15) is 0 Å². The molecule has 1 aliphatic heterocycles. The van der Waals surface area contributed by atoms with Crippen molar-refractivity contribution >= 4 is 22.0 Å². The Morgan fingerprint density at radius 3 is 2.68 bits per heavy atom. The molecule has 0 aromatic heterocycles. The predicted octanol–water partition coefficient (Wildman–Crippen LogP) is 1.97. The maximum Gasteiger partial charge on any atom is 0.281 e. The molecular weight excluding hydrogens is 280 g/mol. The maximum atomic E-state index is 12.3. The van der Waals surface area contributed by atoms with E-state index in [1.54, 1.807) is 11.4 Å². The fraction of sp³-hybridized carbons (Fsp3) is 0.538. The van der Waals surface area contributed by atoms with Crippen molar-refractivity contribution < 1.29 is 8.42 Å². The zero-order valence-electron chi connectivity index (χ0n) is 11.3. The van der Waals surface area contributed by atoms with Crippen molar-refractivity contribution in [3.8, 4) is 0 Å². The summed E-state index contributed by atoms with van der Waals surface area (Å²) in [5.41, 5.74) is 1.20. The number of nitrogens with zero attached hydrogens (tertiary/aromatic N) is 2. The first-order valence-electron chi connectivity index (χ1n) is 6.43. The fourth-order valence-electron chi connectivity index (χ4n) is 2.06. The highest BCUT2D eigenvalue weighted by molar-refractivity contribution is 7.99. The van der Waals surface area contributed by atoms with Crippen LogP contribution in [0, 0.1) is 0 Å². The summed E-state index contributed by atoms with van der Waals surface area (Å²) in [6.45, 7) is 3.51. The van der Waals surface area contributed by atoms with Crippen molar-refractivity contribution in [2.45, 2.75) is 12.2 Å². The molecule has 1 aromatic carbocycles. The Morgan fingerprint density at radius 1 is 1.37 bits per heavy atom. The molecule has 1 aliphatic rings. The molecule has 0 amide bonds. The van der Waals surface area contributed by atoms with Gasteiger partial charge in [-0.25, -0.2) is 0 Å². The van der Waals surface area contributed by atoms with Crippen LogP contribution in [-0.4, -0.2) is 49.5 Å². The third-order valence-corrected chi connectivity index (χ3v) is 6.64. The summed E-state index contributed by atoms with van der Waals surface area (Å²) < 4.78 is 27.7. The highest BCUT2D eigenvalue weighted by atomic mass is 32.2. The molecule has 0 unspecified atom stereocenters. The van der Waals surface area contributed by atoms with Crippen molar-refractivity contribution in [1.29, 1.82) is 0 Å². The Bertz CT molecular complexity index is 505. The Kier molecular flexibility index (Phi) is 4.89. The van der Waals surface area contributed by atoms with E-state index in [4.69, 9.17) is 0 Å². The third-order valence-electron chi connectivity index (χ3n) is 3.37. The van der Waals surface area contributed by atoms with Gasteiger partial charge in [0.2, 0.25) is 0 Å². The van der Waals surface area contributed by atoms with E-state index >= 15 is 0 Å². The summed E-state index contributed by atoms with van der Waals surface area (Å²) in [6, 6.07) is 10.1. The van der Waals surface area contributed by atoms with E-state index in [1.165, 1.54) is 9.87 Å². The van der Waals surface area contributed by atoms with Gasteiger partial charge < -0.3 is 0 Å². The number of hydrogen-bond acceptors (Lipinski definition) is 3. The predicted molar refractivity (Wildman–Crippen MR) is 80.4 cm³/mol. The Labute approximate surface area is 120 Å². The zero-order chi connectivity index (χ0) is 13.9. The van der Waals surface area contributed by atoms with Gasteiger partial charge in [-0.1, -0.05) is 37.3 Å². The van der Waals surface area contributed by atoms with Crippen molar-refractivity contribution in [2.24, 2.45) is 0 Å². The molecule has 1 saturated heterocycles. The molecule has 19 heavy (non-hydrogen) atoms. The largest absolute Gasteiger partial charge is 0.281 e. The number of rotatable bonds is 4. The third kappa shape index (κ3) is 3.31. The zero-order valence-corrected chi connectivity index (χ0v) is 13.0. The van der Waals surface area contributed by atoms with Crippen molar-refractivity contribution in [3.05, 3.63) is 35.9 Å². The van der Waals surface area contributed by atoms with Gasteiger partial charge >= 0.3 is 0 Å². The van der Waals surface area contributed by atoms with E-state index in [-0.39, 0.29) is 5.25 Å². The number of hydrogen-bond donors (Lipinski definition) is 0. The summed E-state index contributed by atoms with van der Waals surface area (Å²) in [7, 11) is -1.67. The summed E-state index contributed by atoms with van der Waals surface area (Å²) in [4.78, 5) is 0. The lowest BCUT2D eigenvalue weighted by Crippen LogP contribution is -2.46. The van der Waals surface area contributed by atoms with Gasteiger partial charge in [0.25, 0.3) is 10.2 Å². The average molecular weight is 300 g/mol. The fourth-order valence-corrected chi connectivity index (χ4v) is 4.90. The molecule has 1 fully saturated rings. The second-order valence-electron chi connectivity index (χ2n) is 4.55.